The fourth-order valence-electron chi connectivity index (χ4n) is 3.92. The van der Waals surface area contributed by atoms with E-state index in [1.807, 2.05) is 12.1 Å². The first-order chi connectivity index (χ1) is 12.7. The number of nitrogens with one attached hydrogen (secondary N) is 2. The largest absolute Gasteiger partial charge is 0.376 e. The van der Waals surface area contributed by atoms with Crippen molar-refractivity contribution < 1.29 is 14.3 Å². The summed E-state index contributed by atoms with van der Waals surface area (Å²) in [5.74, 6) is 0.512. The molecule has 5 heteroatoms. The average molecular weight is 358 g/mol. The lowest BCUT2D eigenvalue weighted by Gasteiger charge is -2.21. The van der Waals surface area contributed by atoms with Crippen LogP contribution < -0.4 is 10.6 Å². The molecule has 2 amide bonds. The highest BCUT2D eigenvalue weighted by molar-refractivity contribution is 6.03. The van der Waals surface area contributed by atoms with E-state index < -0.39 is 0 Å². The number of ether oxygens (including phenoxy) is 1. The zero-order valence-corrected chi connectivity index (χ0v) is 15.5. The third-order valence-corrected chi connectivity index (χ3v) is 5.46. The Hall–Kier alpha value is -1.88. The number of benzene rings is 1. The van der Waals surface area contributed by atoms with Gasteiger partial charge in [-0.25, -0.2) is 0 Å². The van der Waals surface area contributed by atoms with Crippen molar-refractivity contribution >= 4 is 17.5 Å². The van der Waals surface area contributed by atoms with E-state index in [0.717, 1.165) is 25.9 Å². The fourth-order valence-corrected chi connectivity index (χ4v) is 3.92. The molecule has 5 nitrogen and oxygen atoms in total. The SMILES string of the molecule is O=C(CCC1CCCCC1)Nc1ccccc1C(=O)NC[C@@H]1CCCO1. The van der Waals surface area contributed by atoms with Crippen LogP contribution in [0.15, 0.2) is 24.3 Å². The summed E-state index contributed by atoms with van der Waals surface area (Å²) in [5.41, 5.74) is 1.10. The predicted molar refractivity (Wildman–Crippen MR) is 102 cm³/mol. The van der Waals surface area contributed by atoms with Crippen LogP contribution in [0.2, 0.25) is 0 Å². The standard InChI is InChI=1S/C21H30N2O3/c24-20(13-12-16-7-2-1-3-8-16)23-19-11-5-4-10-18(19)21(25)22-15-17-9-6-14-26-17/h4-5,10-11,16-17H,1-3,6-9,12-15H2,(H,22,25)(H,23,24)/t17-/m0/s1. The van der Waals surface area contributed by atoms with Crippen molar-refractivity contribution in [2.24, 2.45) is 5.92 Å². The zero-order chi connectivity index (χ0) is 18.2. The van der Waals surface area contributed by atoms with Crippen molar-refractivity contribution in [1.82, 2.24) is 5.32 Å². The Morgan fingerprint density at radius 3 is 2.62 bits per heavy atom. The monoisotopic (exact) mass is 358 g/mol. The molecular formula is C21H30N2O3. The Kier molecular flexibility index (Phi) is 7.06. The van der Waals surface area contributed by atoms with Crippen LogP contribution in [0.4, 0.5) is 5.69 Å². The van der Waals surface area contributed by atoms with E-state index in [4.69, 9.17) is 4.74 Å². The van der Waals surface area contributed by atoms with E-state index in [2.05, 4.69) is 10.6 Å². The highest BCUT2D eigenvalue weighted by atomic mass is 16.5. The third kappa shape index (κ3) is 5.56. The molecule has 0 bridgehead atoms. The predicted octanol–water partition coefficient (Wildman–Crippen LogP) is 3.89. The molecule has 2 aliphatic rings. The number of carbonyl (C=O) groups excluding carboxylic acids is 2. The first kappa shape index (κ1) is 18.9. The molecule has 1 saturated carbocycles. The van der Waals surface area contributed by atoms with E-state index in [1.54, 1.807) is 12.1 Å². The molecule has 0 radical (unpaired) electrons. The number of amides is 2. The van der Waals surface area contributed by atoms with Crippen molar-refractivity contribution in [3.63, 3.8) is 0 Å². The molecule has 1 saturated heterocycles. The second-order valence-corrected chi connectivity index (χ2v) is 7.48. The summed E-state index contributed by atoms with van der Waals surface area (Å²) in [4.78, 5) is 24.8. The average Bonchev–Trinajstić information content (AvgIpc) is 3.19. The van der Waals surface area contributed by atoms with E-state index in [1.165, 1.54) is 32.1 Å². The Bertz CT molecular complexity index is 605. The van der Waals surface area contributed by atoms with E-state index in [9.17, 15) is 9.59 Å². The van der Waals surface area contributed by atoms with Gasteiger partial charge >= 0.3 is 0 Å². The summed E-state index contributed by atoms with van der Waals surface area (Å²) < 4.78 is 5.54. The Morgan fingerprint density at radius 1 is 1.04 bits per heavy atom. The van der Waals surface area contributed by atoms with Gasteiger partial charge in [-0.2, -0.15) is 0 Å². The van der Waals surface area contributed by atoms with E-state index in [-0.39, 0.29) is 17.9 Å². The van der Waals surface area contributed by atoms with Gasteiger partial charge in [0.15, 0.2) is 0 Å². The maximum atomic E-state index is 12.5. The number of carbonyl (C=O) groups is 2. The topological polar surface area (TPSA) is 67.4 Å². The molecule has 0 unspecified atom stereocenters. The minimum absolute atomic E-state index is 0.00468. The molecule has 2 N–H and O–H groups in total. The summed E-state index contributed by atoms with van der Waals surface area (Å²) in [5, 5.41) is 5.85. The molecule has 1 atom stereocenters. The molecule has 3 rings (SSSR count). The second kappa shape index (κ2) is 9.72. The minimum atomic E-state index is -0.163. The van der Waals surface area contributed by atoms with Crippen LogP contribution in [-0.4, -0.2) is 31.1 Å². The van der Waals surface area contributed by atoms with Crippen molar-refractivity contribution in [3.05, 3.63) is 29.8 Å². The van der Waals surface area contributed by atoms with Gasteiger partial charge in [-0.3, -0.25) is 9.59 Å². The van der Waals surface area contributed by atoms with Crippen molar-refractivity contribution in [2.75, 3.05) is 18.5 Å². The molecule has 1 aromatic carbocycles. The molecule has 1 aliphatic carbocycles. The van der Waals surface area contributed by atoms with Gasteiger partial charge in [0.2, 0.25) is 5.91 Å². The van der Waals surface area contributed by atoms with Gasteiger partial charge in [-0.05, 0) is 37.3 Å². The Labute approximate surface area is 155 Å². The number of rotatable bonds is 7. The molecule has 142 valence electrons. The van der Waals surface area contributed by atoms with Crippen molar-refractivity contribution in [1.29, 1.82) is 0 Å². The highest BCUT2D eigenvalue weighted by Crippen LogP contribution is 2.27. The van der Waals surface area contributed by atoms with Crippen LogP contribution in [0.25, 0.3) is 0 Å². The van der Waals surface area contributed by atoms with E-state index in [0.29, 0.717) is 30.1 Å². The summed E-state index contributed by atoms with van der Waals surface area (Å²) >= 11 is 0. The van der Waals surface area contributed by atoms with Crippen LogP contribution in [0.1, 0.15) is 68.1 Å². The molecule has 1 heterocycles. The van der Waals surface area contributed by atoms with Crippen LogP contribution >= 0.6 is 0 Å². The fraction of sp³-hybridized carbons (Fsp3) is 0.619. The maximum absolute atomic E-state index is 12.5. The third-order valence-electron chi connectivity index (χ3n) is 5.46. The first-order valence-electron chi connectivity index (χ1n) is 10.0. The molecular weight excluding hydrogens is 328 g/mol. The molecule has 1 aliphatic heterocycles. The Balaban J connectivity index is 1.50. The zero-order valence-electron chi connectivity index (χ0n) is 15.5. The smallest absolute Gasteiger partial charge is 0.253 e. The van der Waals surface area contributed by atoms with Crippen LogP contribution in [-0.2, 0) is 9.53 Å². The van der Waals surface area contributed by atoms with Crippen LogP contribution in [0.3, 0.4) is 0 Å². The lowest BCUT2D eigenvalue weighted by atomic mass is 9.86. The second-order valence-electron chi connectivity index (χ2n) is 7.48. The number of anilines is 1. The van der Waals surface area contributed by atoms with Crippen molar-refractivity contribution in [2.45, 2.75) is 63.9 Å². The summed E-state index contributed by atoms with van der Waals surface area (Å²) in [6.07, 6.45) is 10.0. The number of para-hydroxylation sites is 1. The lowest BCUT2D eigenvalue weighted by Crippen LogP contribution is -2.32. The molecule has 1 aromatic rings. The molecule has 0 spiro atoms. The van der Waals surface area contributed by atoms with E-state index >= 15 is 0 Å². The van der Waals surface area contributed by atoms with Gasteiger partial charge in [0.25, 0.3) is 5.91 Å². The van der Waals surface area contributed by atoms with Crippen molar-refractivity contribution in [3.8, 4) is 0 Å². The minimum Gasteiger partial charge on any atom is -0.376 e. The maximum Gasteiger partial charge on any atom is 0.253 e. The van der Waals surface area contributed by atoms with Crippen LogP contribution in [0, 0.1) is 5.92 Å². The number of hydrogen-bond acceptors (Lipinski definition) is 3. The molecule has 26 heavy (non-hydrogen) atoms. The molecule has 0 aromatic heterocycles. The Morgan fingerprint density at radius 2 is 1.85 bits per heavy atom. The van der Waals surface area contributed by atoms with Gasteiger partial charge in [-0.15, -0.1) is 0 Å². The van der Waals surface area contributed by atoms with Crippen LogP contribution in [0.5, 0.6) is 0 Å². The quantitative estimate of drug-likeness (QED) is 0.777. The first-order valence-corrected chi connectivity index (χ1v) is 10.0. The van der Waals surface area contributed by atoms with Gasteiger partial charge in [0.1, 0.15) is 0 Å². The summed E-state index contributed by atoms with van der Waals surface area (Å²) in [6.45, 7) is 1.29. The van der Waals surface area contributed by atoms with Gasteiger partial charge in [0.05, 0.1) is 17.4 Å². The van der Waals surface area contributed by atoms with Gasteiger partial charge in [-0.1, -0.05) is 44.2 Å². The molecule has 2 fully saturated rings. The van der Waals surface area contributed by atoms with Gasteiger partial charge in [0, 0.05) is 19.6 Å². The summed E-state index contributed by atoms with van der Waals surface area (Å²) in [7, 11) is 0. The van der Waals surface area contributed by atoms with Gasteiger partial charge < -0.3 is 15.4 Å². The summed E-state index contributed by atoms with van der Waals surface area (Å²) in [6, 6.07) is 7.20. The lowest BCUT2D eigenvalue weighted by molar-refractivity contribution is -0.116. The highest BCUT2D eigenvalue weighted by Gasteiger charge is 2.19. The number of hydrogen-bond donors (Lipinski definition) is 2. The normalized spacial score (nSPS) is 20.7.